The van der Waals surface area contributed by atoms with Crippen LogP contribution in [0.2, 0.25) is 0 Å². The Morgan fingerprint density at radius 1 is 0.816 bits per heavy atom. The first-order chi connectivity index (χ1) is 18.3. The van der Waals surface area contributed by atoms with Crippen LogP contribution in [0.25, 0.3) is 5.76 Å². The van der Waals surface area contributed by atoms with E-state index in [9.17, 15) is 14.7 Å². The van der Waals surface area contributed by atoms with Crippen molar-refractivity contribution in [3.8, 4) is 5.75 Å². The van der Waals surface area contributed by atoms with Gasteiger partial charge in [-0.2, -0.15) is 0 Å². The lowest BCUT2D eigenvalue weighted by Crippen LogP contribution is -2.29. The van der Waals surface area contributed by atoms with E-state index in [2.05, 4.69) is 0 Å². The fourth-order valence-electron chi connectivity index (χ4n) is 4.99. The zero-order valence-corrected chi connectivity index (χ0v) is 21.6. The Hall–Kier alpha value is -4.64. The summed E-state index contributed by atoms with van der Waals surface area (Å²) in [7, 11) is 0. The standard InChI is InChI=1S/C33H29NO4/c1-21-16-22(2)18-27(17-21)34-30(25-12-8-5-9-13-25)29(32(36)33(34)37)31(35)26-14-15-28(23(3)19-26)38-20-24-10-6-4-7-11-24/h4-19,30,35H,20H2,1-3H3/b31-29-. The molecule has 0 radical (unpaired) electrons. The maximum Gasteiger partial charge on any atom is 0.300 e. The second kappa shape index (κ2) is 10.4. The Kier molecular flexibility index (Phi) is 6.84. The molecule has 0 spiro atoms. The highest BCUT2D eigenvalue weighted by molar-refractivity contribution is 6.51. The van der Waals surface area contributed by atoms with Crippen LogP contribution in [-0.2, 0) is 16.2 Å². The van der Waals surface area contributed by atoms with Crippen LogP contribution in [0.1, 0.15) is 39.4 Å². The van der Waals surface area contributed by atoms with Gasteiger partial charge in [-0.1, -0.05) is 66.7 Å². The number of ketones is 1. The molecule has 1 N–H and O–H groups in total. The van der Waals surface area contributed by atoms with Crippen LogP contribution in [0.15, 0.2) is 103 Å². The Morgan fingerprint density at radius 3 is 2.08 bits per heavy atom. The summed E-state index contributed by atoms with van der Waals surface area (Å²) < 4.78 is 5.98. The number of Topliss-reactive ketones (excluding diaryl/α,β-unsaturated/α-hetero) is 1. The van der Waals surface area contributed by atoms with E-state index in [4.69, 9.17) is 4.74 Å². The van der Waals surface area contributed by atoms with E-state index in [-0.39, 0.29) is 11.3 Å². The molecule has 1 aliphatic heterocycles. The Morgan fingerprint density at radius 2 is 1.45 bits per heavy atom. The summed E-state index contributed by atoms with van der Waals surface area (Å²) in [6, 6.07) is 29.5. The molecule has 5 nitrogen and oxygen atoms in total. The number of benzene rings is 4. The zero-order chi connectivity index (χ0) is 26.8. The van der Waals surface area contributed by atoms with Crippen LogP contribution in [0.4, 0.5) is 5.69 Å². The Labute approximate surface area is 222 Å². The van der Waals surface area contributed by atoms with E-state index >= 15 is 0 Å². The van der Waals surface area contributed by atoms with E-state index in [1.807, 2.05) is 99.6 Å². The summed E-state index contributed by atoms with van der Waals surface area (Å²) in [5.41, 5.74) is 5.71. The van der Waals surface area contributed by atoms with E-state index in [0.29, 0.717) is 23.6 Å². The van der Waals surface area contributed by atoms with Crippen molar-refractivity contribution in [2.75, 3.05) is 4.90 Å². The molecule has 1 unspecified atom stereocenters. The van der Waals surface area contributed by atoms with Gasteiger partial charge in [0, 0.05) is 11.3 Å². The van der Waals surface area contributed by atoms with Crippen molar-refractivity contribution < 1.29 is 19.4 Å². The lowest BCUT2D eigenvalue weighted by Gasteiger charge is -2.26. The molecular formula is C33H29NO4. The number of carbonyl (C=O) groups excluding carboxylic acids is 2. The molecule has 4 aromatic rings. The number of amides is 1. The molecule has 4 aromatic carbocycles. The molecule has 1 heterocycles. The van der Waals surface area contributed by atoms with Crippen LogP contribution in [0.5, 0.6) is 5.75 Å². The largest absolute Gasteiger partial charge is 0.507 e. The third kappa shape index (κ3) is 4.83. The number of rotatable bonds is 6. The smallest absolute Gasteiger partial charge is 0.300 e. The number of aliphatic hydroxyl groups is 1. The Balaban J connectivity index is 1.56. The van der Waals surface area contributed by atoms with Crippen LogP contribution < -0.4 is 9.64 Å². The third-order valence-electron chi connectivity index (χ3n) is 6.73. The fraction of sp³-hybridized carbons (Fsp3) is 0.152. The second-order valence-corrected chi connectivity index (χ2v) is 9.68. The molecule has 0 aliphatic carbocycles. The first-order valence-corrected chi connectivity index (χ1v) is 12.6. The lowest BCUT2D eigenvalue weighted by atomic mass is 9.94. The molecule has 1 amide bonds. The van der Waals surface area contributed by atoms with Crippen molar-refractivity contribution in [3.63, 3.8) is 0 Å². The number of aliphatic hydroxyl groups excluding tert-OH is 1. The summed E-state index contributed by atoms with van der Waals surface area (Å²) in [4.78, 5) is 28.3. The quantitative estimate of drug-likeness (QED) is 0.178. The number of carbonyl (C=O) groups is 2. The van der Waals surface area contributed by atoms with E-state index in [1.54, 1.807) is 18.2 Å². The van der Waals surface area contributed by atoms with Crippen LogP contribution in [-0.4, -0.2) is 16.8 Å². The van der Waals surface area contributed by atoms with Gasteiger partial charge in [0.1, 0.15) is 18.1 Å². The van der Waals surface area contributed by atoms with E-state index in [1.165, 1.54) is 4.90 Å². The van der Waals surface area contributed by atoms with Crippen LogP contribution in [0, 0.1) is 20.8 Å². The first-order valence-electron chi connectivity index (χ1n) is 12.6. The molecule has 5 rings (SSSR count). The number of anilines is 1. The predicted octanol–water partition coefficient (Wildman–Crippen LogP) is 6.82. The molecule has 0 saturated carbocycles. The fourth-order valence-corrected chi connectivity index (χ4v) is 4.99. The maximum absolute atomic E-state index is 13.4. The molecule has 190 valence electrons. The van der Waals surface area contributed by atoms with Gasteiger partial charge in [0.2, 0.25) is 0 Å². The number of aryl methyl sites for hydroxylation is 3. The summed E-state index contributed by atoms with van der Waals surface area (Å²) in [6.07, 6.45) is 0. The van der Waals surface area contributed by atoms with Crippen LogP contribution >= 0.6 is 0 Å². The number of hydrogen-bond acceptors (Lipinski definition) is 4. The van der Waals surface area contributed by atoms with Gasteiger partial charge in [0.05, 0.1) is 11.6 Å². The normalized spacial score (nSPS) is 16.6. The molecular weight excluding hydrogens is 474 g/mol. The predicted molar refractivity (Wildman–Crippen MR) is 149 cm³/mol. The molecule has 1 fully saturated rings. The molecule has 0 bridgehead atoms. The topological polar surface area (TPSA) is 66.8 Å². The Bertz CT molecular complexity index is 1520. The van der Waals surface area contributed by atoms with Crippen molar-refractivity contribution in [1.82, 2.24) is 0 Å². The highest BCUT2D eigenvalue weighted by atomic mass is 16.5. The van der Waals surface area contributed by atoms with Crippen molar-refractivity contribution in [1.29, 1.82) is 0 Å². The average molecular weight is 504 g/mol. The molecule has 5 heteroatoms. The van der Waals surface area contributed by atoms with Gasteiger partial charge in [0.25, 0.3) is 11.7 Å². The SMILES string of the molecule is Cc1cc(C)cc(N2C(=O)C(=O)/C(=C(\O)c3ccc(OCc4ccccc4)c(C)c3)C2c2ccccc2)c1. The average Bonchev–Trinajstić information content (AvgIpc) is 3.18. The lowest BCUT2D eigenvalue weighted by molar-refractivity contribution is -0.132. The molecule has 38 heavy (non-hydrogen) atoms. The van der Waals surface area contributed by atoms with Gasteiger partial charge in [-0.05, 0) is 78.9 Å². The highest BCUT2D eigenvalue weighted by Gasteiger charge is 2.47. The van der Waals surface area contributed by atoms with Crippen molar-refractivity contribution in [2.24, 2.45) is 0 Å². The highest BCUT2D eigenvalue weighted by Crippen LogP contribution is 2.42. The van der Waals surface area contributed by atoms with Gasteiger partial charge in [-0.3, -0.25) is 14.5 Å². The van der Waals surface area contributed by atoms with Gasteiger partial charge in [-0.15, -0.1) is 0 Å². The third-order valence-corrected chi connectivity index (χ3v) is 6.73. The minimum atomic E-state index is -0.758. The van der Waals surface area contributed by atoms with Crippen molar-refractivity contribution in [2.45, 2.75) is 33.4 Å². The minimum Gasteiger partial charge on any atom is -0.507 e. The van der Waals surface area contributed by atoms with E-state index in [0.717, 1.165) is 27.8 Å². The number of hydrogen-bond donors (Lipinski definition) is 1. The van der Waals surface area contributed by atoms with Gasteiger partial charge in [0.15, 0.2) is 0 Å². The van der Waals surface area contributed by atoms with Crippen molar-refractivity contribution in [3.05, 3.63) is 136 Å². The van der Waals surface area contributed by atoms with Gasteiger partial charge < -0.3 is 9.84 Å². The molecule has 1 saturated heterocycles. The molecule has 0 aromatic heterocycles. The van der Waals surface area contributed by atoms with E-state index < -0.39 is 17.7 Å². The van der Waals surface area contributed by atoms with Crippen LogP contribution in [0.3, 0.4) is 0 Å². The van der Waals surface area contributed by atoms with Gasteiger partial charge in [-0.25, -0.2) is 0 Å². The van der Waals surface area contributed by atoms with Gasteiger partial charge >= 0.3 is 0 Å². The monoisotopic (exact) mass is 503 g/mol. The number of ether oxygens (including phenoxy) is 1. The summed E-state index contributed by atoms with van der Waals surface area (Å²) in [5, 5.41) is 11.5. The molecule has 1 atom stereocenters. The summed E-state index contributed by atoms with van der Waals surface area (Å²) in [6.45, 7) is 6.21. The number of nitrogens with zero attached hydrogens (tertiary/aromatic N) is 1. The summed E-state index contributed by atoms with van der Waals surface area (Å²) >= 11 is 0. The minimum absolute atomic E-state index is 0.0673. The zero-order valence-electron chi connectivity index (χ0n) is 21.6. The molecule has 1 aliphatic rings. The second-order valence-electron chi connectivity index (χ2n) is 9.68. The van der Waals surface area contributed by atoms with Crippen molar-refractivity contribution >= 4 is 23.1 Å². The first kappa shape index (κ1) is 25.0. The maximum atomic E-state index is 13.4. The summed E-state index contributed by atoms with van der Waals surface area (Å²) in [5.74, 6) is -0.898.